The zero-order valence-electron chi connectivity index (χ0n) is 5.21. The van der Waals surface area contributed by atoms with Crippen molar-refractivity contribution in [2.45, 2.75) is 19.3 Å². The number of rotatable bonds is 2. The summed E-state index contributed by atoms with van der Waals surface area (Å²) < 4.78 is 0. The molecule has 0 aliphatic heterocycles. The van der Waals surface area contributed by atoms with Gasteiger partial charge in [-0.05, 0) is 6.92 Å². The van der Waals surface area contributed by atoms with Crippen molar-refractivity contribution in [3.8, 4) is 0 Å². The minimum atomic E-state index is 0.444. The Morgan fingerprint density at radius 3 is 2.89 bits per heavy atom. The summed E-state index contributed by atoms with van der Waals surface area (Å²) in [7, 11) is 0. The van der Waals surface area contributed by atoms with E-state index in [1.165, 1.54) is 0 Å². The van der Waals surface area contributed by atoms with E-state index in [-0.39, 0.29) is 0 Å². The molecule has 0 unspecified atom stereocenters. The highest BCUT2D eigenvalue weighted by atomic mass is 35.5. The lowest BCUT2D eigenvalue weighted by Gasteiger charge is -1.87. The van der Waals surface area contributed by atoms with Gasteiger partial charge in [0.2, 0.25) is 0 Å². The predicted molar refractivity (Wildman–Crippen MR) is 35.3 cm³/mol. The summed E-state index contributed by atoms with van der Waals surface area (Å²) in [6, 6.07) is 0. The van der Waals surface area contributed by atoms with Gasteiger partial charge in [0, 0.05) is 0 Å². The Morgan fingerprint density at radius 1 is 1.78 bits per heavy atom. The minimum Gasteiger partial charge on any atom is -0.185 e. The molecule has 0 bridgehead atoms. The largest absolute Gasteiger partial charge is 0.185 e. The van der Waals surface area contributed by atoms with Crippen LogP contribution in [0.3, 0.4) is 0 Å². The Morgan fingerprint density at radius 2 is 2.56 bits per heavy atom. The van der Waals surface area contributed by atoms with E-state index in [0.29, 0.717) is 5.88 Å². The van der Waals surface area contributed by atoms with E-state index in [4.69, 9.17) is 11.6 Å². The van der Waals surface area contributed by atoms with E-state index < -0.39 is 0 Å². The number of alkyl halides is 1. The Hall–Kier alpha value is -0.570. The van der Waals surface area contributed by atoms with Gasteiger partial charge in [-0.25, -0.2) is 0 Å². The maximum absolute atomic E-state index is 5.48. The summed E-state index contributed by atoms with van der Waals surface area (Å²) in [6.07, 6.45) is 1.68. The van der Waals surface area contributed by atoms with Crippen LogP contribution in [-0.2, 0) is 12.4 Å². The molecule has 4 heteroatoms. The van der Waals surface area contributed by atoms with Gasteiger partial charge in [0.15, 0.2) is 0 Å². The summed E-state index contributed by atoms with van der Waals surface area (Å²) >= 11 is 5.48. The normalized spacial score (nSPS) is 10.0. The quantitative estimate of drug-likeness (QED) is 0.583. The summed E-state index contributed by atoms with van der Waals surface area (Å²) in [5.74, 6) is 0.444. The van der Waals surface area contributed by atoms with Crippen LogP contribution in [0.5, 0.6) is 0 Å². The molecule has 1 rings (SSSR count). The van der Waals surface area contributed by atoms with E-state index in [2.05, 4.69) is 10.2 Å². The second-order valence-corrected chi connectivity index (χ2v) is 1.93. The molecule has 0 amide bonds. The first kappa shape index (κ1) is 6.55. The number of halogens is 1. The maximum atomic E-state index is 5.48. The average Bonchev–Trinajstić information content (AvgIpc) is 2.34. The van der Waals surface area contributed by atoms with Crippen molar-refractivity contribution in [2.75, 3.05) is 0 Å². The lowest BCUT2D eigenvalue weighted by Crippen LogP contribution is -1.98. The molecule has 3 nitrogen and oxygen atoms in total. The first-order chi connectivity index (χ1) is 4.36. The van der Waals surface area contributed by atoms with Crippen molar-refractivity contribution in [3.05, 3.63) is 11.9 Å². The predicted octanol–water partition coefficient (Wildman–Crippen LogP) is 1.04. The van der Waals surface area contributed by atoms with E-state index in [0.717, 1.165) is 12.2 Å². The first-order valence-corrected chi connectivity index (χ1v) is 3.35. The number of aromatic nitrogens is 3. The number of aryl methyl sites for hydroxylation is 1. The maximum Gasteiger partial charge on any atom is 0.0974 e. The molecular weight excluding hydrogens is 138 g/mol. The van der Waals surface area contributed by atoms with E-state index >= 15 is 0 Å². The highest BCUT2D eigenvalue weighted by molar-refractivity contribution is 6.16. The van der Waals surface area contributed by atoms with Gasteiger partial charge in [-0.3, -0.25) is 0 Å². The lowest BCUT2D eigenvalue weighted by molar-refractivity contribution is 0.566. The number of nitrogens with zero attached hydrogens (tertiary/aromatic N) is 3. The molecular formula is C5H8ClN3. The molecule has 0 aliphatic carbocycles. The SMILES string of the molecule is CCn1ncc(CCl)n1. The molecule has 0 atom stereocenters. The molecule has 0 saturated carbocycles. The fourth-order valence-electron chi connectivity index (χ4n) is 0.547. The molecule has 1 aromatic heterocycles. The van der Waals surface area contributed by atoms with Crippen LogP contribution in [0.2, 0.25) is 0 Å². The van der Waals surface area contributed by atoms with Crippen molar-refractivity contribution >= 4 is 11.6 Å². The lowest BCUT2D eigenvalue weighted by atomic mass is 10.6. The topological polar surface area (TPSA) is 30.7 Å². The highest BCUT2D eigenvalue weighted by Gasteiger charge is 1.93. The molecule has 0 N–H and O–H groups in total. The van der Waals surface area contributed by atoms with Gasteiger partial charge < -0.3 is 0 Å². The van der Waals surface area contributed by atoms with E-state index in [1.807, 2.05) is 6.92 Å². The molecule has 0 fully saturated rings. The van der Waals surface area contributed by atoms with Gasteiger partial charge in [0.05, 0.1) is 24.3 Å². The standard InChI is InChI=1S/C5H8ClN3/c1-2-9-7-4-5(3-6)8-9/h4H,2-3H2,1H3. The molecule has 1 heterocycles. The van der Waals surface area contributed by atoms with Crippen LogP contribution in [0.4, 0.5) is 0 Å². The van der Waals surface area contributed by atoms with Gasteiger partial charge in [-0.1, -0.05) is 0 Å². The van der Waals surface area contributed by atoms with Crippen molar-refractivity contribution in [3.63, 3.8) is 0 Å². The third-order valence-corrected chi connectivity index (χ3v) is 1.28. The molecule has 0 aromatic carbocycles. The fraction of sp³-hybridized carbons (Fsp3) is 0.600. The smallest absolute Gasteiger partial charge is 0.0974 e. The summed E-state index contributed by atoms with van der Waals surface area (Å²) in [6.45, 7) is 2.79. The van der Waals surface area contributed by atoms with Crippen molar-refractivity contribution in [1.29, 1.82) is 0 Å². The van der Waals surface area contributed by atoms with Crippen molar-refractivity contribution < 1.29 is 0 Å². The Labute approximate surface area is 58.6 Å². The van der Waals surface area contributed by atoms with Gasteiger partial charge >= 0.3 is 0 Å². The third-order valence-electron chi connectivity index (χ3n) is 1.00. The van der Waals surface area contributed by atoms with Gasteiger partial charge in [-0.2, -0.15) is 15.0 Å². The molecule has 0 spiro atoms. The monoisotopic (exact) mass is 145 g/mol. The second kappa shape index (κ2) is 2.82. The molecule has 1 aromatic rings. The van der Waals surface area contributed by atoms with Gasteiger partial charge in [0.25, 0.3) is 0 Å². The molecule has 0 radical (unpaired) electrons. The van der Waals surface area contributed by atoms with Crippen LogP contribution in [-0.4, -0.2) is 15.0 Å². The summed E-state index contributed by atoms with van der Waals surface area (Å²) in [4.78, 5) is 1.61. The zero-order valence-corrected chi connectivity index (χ0v) is 5.97. The van der Waals surface area contributed by atoms with Crippen molar-refractivity contribution in [2.24, 2.45) is 0 Å². The van der Waals surface area contributed by atoms with Crippen LogP contribution in [0.25, 0.3) is 0 Å². The average molecular weight is 146 g/mol. The van der Waals surface area contributed by atoms with E-state index in [9.17, 15) is 0 Å². The zero-order chi connectivity index (χ0) is 6.69. The highest BCUT2D eigenvalue weighted by Crippen LogP contribution is 1.95. The number of hydrogen-bond acceptors (Lipinski definition) is 2. The van der Waals surface area contributed by atoms with Crippen LogP contribution in [0.1, 0.15) is 12.6 Å². The van der Waals surface area contributed by atoms with E-state index in [1.54, 1.807) is 11.0 Å². The van der Waals surface area contributed by atoms with Gasteiger partial charge in [-0.15, -0.1) is 11.6 Å². The summed E-state index contributed by atoms with van der Waals surface area (Å²) in [5, 5.41) is 7.95. The van der Waals surface area contributed by atoms with Crippen LogP contribution in [0.15, 0.2) is 6.20 Å². The second-order valence-electron chi connectivity index (χ2n) is 1.66. The Bertz CT molecular complexity index is 166. The Kier molecular flexibility index (Phi) is 2.05. The van der Waals surface area contributed by atoms with Crippen LogP contribution in [0, 0.1) is 0 Å². The van der Waals surface area contributed by atoms with Gasteiger partial charge in [0.1, 0.15) is 0 Å². The summed E-state index contributed by atoms with van der Waals surface area (Å²) in [5.41, 5.74) is 0.832. The molecule has 0 saturated heterocycles. The van der Waals surface area contributed by atoms with Crippen LogP contribution >= 0.6 is 11.6 Å². The third kappa shape index (κ3) is 1.42. The molecule has 0 aliphatic rings. The Balaban J connectivity index is 2.74. The molecule has 9 heavy (non-hydrogen) atoms. The fourth-order valence-corrected chi connectivity index (χ4v) is 0.669. The number of hydrogen-bond donors (Lipinski definition) is 0. The minimum absolute atomic E-state index is 0.444. The van der Waals surface area contributed by atoms with Crippen molar-refractivity contribution in [1.82, 2.24) is 15.0 Å². The first-order valence-electron chi connectivity index (χ1n) is 2.81. The molecule has 50 valence electrons. The van der Waals surface area contributed by atoms with Crippen LogP contribution < -0.4 is 0 Å².